The van der Waals surface area contributed by atoms with Crippen molar-refractivity contribution >= 4 is 23.2 Å². The van der Waals surface area contributed by atoms with Crippen LogP contribution in [-0.2, 0) is 6.54 Å². The fourth-order valence-electron chi connectivity index (χ4n) is 2.62. The largest absolute Gasteiger partial charge is 0.298 e. The van der Waals surface area contributed by atoms with Gasteiger partial charge in [-0.25, -0.2) is 0 Å². The Kier molecular flexibility index (Phi) is 5.69. The lowest BCUT2D eigenvalue weighted by molar-refractivity contribution is 0.0242. The minimum absolute atomic E-state index is 0.475. The highest BCUT2D eigenvalue weighted by atomic mass is 35.5. The van der Waals surface area contributed by atoms with E-state index >= 15 is 0 Å². The van der Waals surface area contributed by atoms with Crippen LogP contribution in [-0.4, -0.2) is 18.0 Å². The Balaban J connectivity index is 0.000000225. The van der Waals surface area contributed by atoms with E-state index < -0.39 is 0 Å². The summed E-state index contributed by atoms with van der Waals surface area (Å²) in [6, 6.07) is 17.7. The van der Waals surface area contributed by atoms with Crippen molar-refractivity contribution in [1.29, 1.82) is 0 Å². The molecule has 2 aromatic carbocycles. The lowest BCUT2D eigenvalue weighted by Crippen LogP contribution is -2.52. The molecule has 2 aromatic rings. The lowest BCUT2D eigenvalue weighted by Gasteiger charge is -2.46. The number of likely N-dealkylation sites (tertiary alicyclic amines) is 1. The highest BCUT2D eigenvalue weighted by Gasteiger charge is 2.33. The number of nitrogens with zero attached hydrogens (tertiary/aromatic N) is 1. The van der Waals surface area contributed by atoms with Gasteiger partial charge in [0.1, 0.15) is 0 Å². The van der Waals surface area contributed by atoms with Crippen LogP contribution in [0.15, 0.2) is 54.6 Å². The Morgan fingerprint density at radius 3 is 1.67 bits per heavy atom. The molecule has 1 saturated heterocycles. The van der Waals surface area contributed by atoms with Gasteiger partial charge in [0.2, 0.25) is 0 Å². The van der Waals surface area contributed by atoms with E-state index in [2.05, 4.69) is 18.7 Å². The van der Waals surface area contributed by atoms with Gasteiger partial charge < -0.3 is 0 Å². The molecule has 0 amide bonds. The number of hydrogen-bond donors (Lipinski definition) is 0. The van der Waals surface area contributed by atoms with Crippen LogP contribution in [0.1, 0.15) is 19.4 Å². The summed E-state index contributed by atoms with van der Waals surface area (Å²) in [4.78, 5) is 2.40. The zero-order valence-corrected chi connectivity index (χ0v) is 14.0. The van der Waals surface area contributed by atoms with Crippen molar-refractivity contribution in [1.82, 2.24) is 4.90 Å². The topological polar surface area (TPSA) is 3.24 Å². The molecular formula is C18H21Cl2N. The molecule has 1 nitrogen and oxygen atoms in total. The van der Waals surface area contributed by atoms with Crippen LogP contribution in [0.5, 0.6) is 0 Å². The summed E-state index contributed by atoms with van der Waals surface area (Å²) in [5.74, 6) is 0. The van der Waals surface area contributed by atoms with E-state index in [1.54, 1.807) is 6.07 Å². The smallest absolute Gasteiger partial charge is 0.0424 e. The molecular weight excluding hydrogens is 301 g/mol. The van der Waals surface area contributed by atoms with Gasteiger partial charge in [0.05, 0.1) is 0 Å². The van der Waals surface area contributed by atoms with Crippen molar-refractivity contribution < 1.29 is 0 Å². The summed E-state index contributed by atoms with van der Waals surface area (Å²) in [6.45, 7) is 7.82. The molecule has 1 fully saturated rings. The molecule has 0 bridgehead atoms. The number of benzene rings is 2. The van der Waals surface area contributed by atoms with E-state index in [0.717, 1.165) is 29.7 Å². The standard InChI is InChI=1S/C12H15Cl2N.C6H6/c1-12(2)7-15(8-12)6-9-3-10(13)5-11(14)4-9;1-2-4-6-5-3-1/h3-5H,6-8H2,1-2H3;1-6H. The van der Waals surface area contributed by atoms with Gasteiger partial charge in [0.15, 0.2) is 0 Å². The quantitative estimate of drug-likeness (QED) is 0.703. The molecule has 0 atom stereocenters. The molecule has 0 unspecified atom stereocenters. The maximum absolute atomic E-state index is 5.95. The average Bonchev–Trinajstić information content (AvgIpc) is 2.38. The van der Waals surface area contributed by atoms with E-state index in [1.165, 1.54) is 5.56 Å². The highest BCUT2D eigenvalue weighted by molar-refractivity contribution is 6.34. The first-order valence-electron chi connectivity index (χ1n) is 7.12. The van der Waals surface area contributed by atoms with Crippen molar-refractivity contribution in [3.63, 3.8) is 0 Å². The second-order valence-corrected chi connectivity index (χ2v) is 7.11. The number of hydrogen-bond acceptors (Lipinski definition) is 1. The van der Waals surface area contributed by atoms with Crippen molar-refractivity contribution in [2.24, 2.45) is 5.41 Å². The predicted molar refractivity (Wildman–Crippen MR) is 92.0 cm³/mol. The summed E-state index contributed by atoms with van der Waals surface area (Å²) in [7, 11) is 0. The third-order valence-corrected chi connectivity index (χ3v) is 3.73. The Bertz CT molecular complexity index is 512. The first-order valence-corrected chi connectivity index (χ1v) is 7.88. The van der Waals surface area contributed by atoms with Gasteiger partial charge in [0, 0.05) is 29.7 Å². The maximum atomic E-state index is 5.95. The fraction of sp³-hybridized carbons (Fsp3) is 0.333. The van der Waals surface area contributed by atoms with Gasteiger partial charge >= 0.3 is 0 Å². The van der Waals surface area contributed by atoms with Crippen LogP contribution in [0.3, 0.4) is 0 Å². The first kappa shape index (κ1) is 16.4. The minimum Gasteiger partial charge on any atom is -0.298 e. The molecule has 0 N–H and O–H groups in total. The van der Waals surface area contributed by atoms with E-state index in [1.807, 2.05) is 48.5 Å². The molecule has 0 aliphatic carbocycles. The molecule has 3 rings (SSSR count). The van der Waals surface area contributed by atoms with Crippen LogP contribution >= 0.6 is 23.2 Å². The van der Waals surface area contributed by atoms with Gasteiger partial charge in [-0.05, 0) is 29.2 Å². The monoisotopic (exact) mass is 321 g/mol. The van der Waals surface area contributed by atoms with Crippen molar-refractivity contribution in [3.05, 3.63) is 70.2 Å². The van der Waals surface area contributed by atoms with E-state index in [-0.39, 0.29) is 0 Å². The van der Waals surface area contributed by atoms with Gasteiger partial charge in [0.25, 0.3) is 0 Å². The zero-order valence-electron chi connectivity index (χ0n) is 12.5. The highest BCUT2D eigenvalue weighted by Crippen LogP contribution is 2.30. The van der Waals surface area contributed by atoms with E-state index in [0.29, 0.717) is 5.41 Å². The molecule has 21 heavy (non-hydrogen) atoms. The molecule has 1 aliphatic heterocycles. The second-order valence-electron chi connectivity index (χ2n) is 6.24. The Labute approximate surface area is 137 Å². The Morgan fingerprint density at radius 1 is 0.857 bits per heavy atom. The third kappa shape index (κ3) is 5.70. The summed E-state index contributed by atoms with van der Waals surface area (Å²) < 4.78 is 0. The van der Waals surface area contributed by atoms with Crippen molar-refractivity contribution in [2.45, 2.75) is 20.4 Å². The zero-order chi connectivity index (χ0) is 15.3. The SMILES string of the molecule is CC1(C)CN(Cc2cc(Cl)cc(Cl)c2)C1.c1ccccc1. The Hall–Kier alpha value is -1.02. The van der Waals surface area contributed by atoms with Gasteiger partial charge in [-0.1, -0.05) is 73.4 Å². The van der Waals surface area contributed by atoms with Crippen molar-refractivity contribution in [3.8, 4) is 0 Å². The van der Waals surface area contributed by atoms with E-state index in [4.69, 9.17) is 23.2 Å². The molecule has 1 aliphatic rings. The summed E-state index contributed by atoms with van der Waals surface area (Å²) in [5, 5.41) is 1.44. The lowest BCUT2D eigenvalue weighted by atomic mass is 9.84. The van der Waals surface area contributed by atoms with Crippen LogP contribution in [0.2, 0.25) is 10.0 Å². The molecule has 0 aromatic heterocycles. The fourth-order valence-corrected chi connectivity index (χ4v) is 3.19. The molecule has 3 heteroatoms. The summed E-state index contributed by atoms with van der Waals surface area (Å²) >= 11 is 11.9. The molecule has 0 saturated carbocycles. The summed E-state index contributed by atoms with van der Waals surface area (Å²) in [5.41, 5.74) is 1.67. The van der Waals surface area contributed by atoms with Crippen molar-refractivity contribution in [2.75, 3.05) is 13.1 Å². The summed E-state index contributed by atoms with van der Waals surface area (Å²) in [6.07, 6.45) is 0. The molecule has 1 heterocycles. The number of halogens is 2. The maximum Gasteiger partial charge on any atom is 0.0424 e. The minimum atomic E-state index is 0.475. The van der Waals surface area contributed by atoms with Crippen LogP contribution in [0, 0.1) is 5.41 Å². The molecule has 0 radical (unpaired) electrons. The second kappa shape index (κ2) is 7.31. The molecule has 0 spiro atoms. The first-order chi connectivity index (χ1) is 9.94. The predicted octanol–water partition coefficient (Wildman–Crippen LogP) is 5.52. The normalized spacial score (nSPS) is 16.6. The van der Waals surface area contributed by atoms with Gasteiger partial charge in [-0.2, -0.15) is 0 Å². The van der Waals surface area contributed by atoms with Gasteiger partial charge in [-0.3, -0.25) is 4.90 Å². The van der Waals surface area contributed by atoms with Gasteiger partial charge in [-0.15, -0.1) is 0 Å². The van der Waals surface area contributed by atoms with Crippen LogP contribution in [0.4, 0.5) is 0 Å². The number of rotatable bonds is 2. The average molecular weight is 322 g/mol. The molecule has 112 valence electrons. The van der Waals surface area contributed by atoms with Crippen LogP contribution < -0.4 is 0 Å². The van der Waals surface area contributed by atoms with Crippen LogP contribution in [0.25, 0.3) is 0 Å². The third-order valence-electron chi connectivity index (χ3n) is 3.30. The Morgan fingerprint density at radius 2 is 1.29 bits per heavy atom. The van der Waals surface area contributed by atoms with E-state index in [9.17, 15) is 0 Å².